The van der Waals surface area contributed by atoms with E-state index >= 15 is 0 Å². The molecule has 12 nitrogen and oxygen atoms in total. The Bertz CT molecular complexity index is 1150. The molecule has 0 aliphatic heterocycles. The first-order valence-corrected chi connectivity index (χ1v) is 15.1. The number of rotatable bonds is 15. The molecule has 2 aromatic rings. The third-order valence-corrected chi connectivity index (χ3v) is 9.20. The fraction of sp³-hybridized carbons (Fsp3) is 0.292. The maximum absolute atomic E-state index is 13.0. The number of carbonyl (C=O) groups is 5. The predicted molar refractivity (Wildman–Crippen MR) is 143 cm³/mol. The maximum atomic E-state index is 13.0. The van der Waals surface area contributed by atoms with E-state index < -0.39 is 56.2 Å². The molecule has 0 bridgehead atoms. The monoisotopic (exact) mass is 612 g/mol. The van der Waals surface area contributed by atoms with E-state index in [2.05, 4.69) is 16.0 Å². The first-order valence-electron chi connectivity index (χ1n) is 11.2. The summed E-state index contributed by atoms with van der Waals surface area (Å²) in [6.45, 7) is -0.638. The first kappa shape index (κ1) is 30.6. The molecule has 2 atom stereocenters. The fourth-order valence-corrected chi connectivity index (χ4v) is 7.46. The van der Waals surface area contributed by atoms with Gasteiger partial charge in [-0.3, -0.25) is 0 Å². The van der Waals surface area contributed by atoms with Gasteiger partial charge in [0.05, 0.1) is 0 Å². The molecule has 0 aliphatic rings. The van der Waals surface area contributed by atoms with E-state index in [1.165, 1.54) is 17.3 Å². The van der Waals surface area contributed by atoms with Crippen molar-refractivity contribution in [1.82, 2.24) is 10.6 Å². The van der Waals surface area contributed by atoms with Gasteiger partial charge in [0.25, 0.3) is 0 Å². The van der Waals surface area contributed by atoms with Crippen LogP contribution in [0, 0.1) is 0 Å². The van der Waals surface area contributed by atoms with Crippen LogP contribution in [-0.4, -0.2) is 85.2 Å². The average molecular weight is 612 g/mol. The minimum absolute atomic E-state index is 0.0555. The van der Waals surface area contributed by atoms with E-state index in [0.29, 0.717) is 21.5 Å². The number of carboxylic acids is 2. The van der Waals surface area contributed by atoms with Gasteiger partial charge in [-0.1, -0.05) is 0 Å². The van der Waals surface area contributed by atoms with E-state index in [4.69, 9.17) is 20.7 Å². The molecule has 0 saturated carbocycles. The molecule has 2 rings (SSSR count). The number of nitrogens with two attached hydrogens (primary N) is 1. The Balaban J connectivity index is 2.12. The van der Waals surface area contributed by atoms with Crippen molar-refractivity contribution in [2.75, 3.05) is 24.7 Å². The van der Waals surface area contributed by atoms with Gasteiger partial charge in [-0.15, -0.1) is 0 Å². The van der Waals surface area contributed by atoms with Crippen LogP contribution in [0.3, 0.4) is 0 Å². The molecule has 3 amide bonds. The van der Waals surface area contributed by atoms with Crippen molar-refractivity contribution in [3.63, 3.8) is 0 Å². The van der Waals surface area contributed by atoms with Gasteiger partial charge in [-0.2, -0.15) is 0 Å². The van der Waals surface area contributed by atoms with Gasteiger partial charge in [0.15, 0.2) is 0 Å². The molecule has 0 spiro atoms. The molecule has 0 saturated heterocycles. The molecular weight excluding hydrogens is 583 g/mol. The van der Waals surface area contributed by atoms with Crippen LogP contribution >= 0.6 is 10.2 Å². The van der Waals surface area contributed by atoms with Crippen molar-refractivity contribution in [3.8, 4) is 5.75 Å². The van der Waals surface area contributed by atoms with Gasteiger partial charge in [-0.25, -0.2) is 0 Å². The standard InChI is InChI=1S/C24H28N4O8SSe/c1-36-18-9-5-8-15(22(32)27-14-6-3-2-4-7-14)21(18)38-37-13-17(23(33)26-12-20(30)31)28-19(29)11-10-16(25)24(34)35/h2-9,16-17H,10-13,25H2,1H3,(H,26,33)(H,27,32)(H,28,29)(H,30,31)(H,34,35)/t16-,17-/m1/s1. The van der Waals surface area contributed by atoms with Gasteiger partial charge in [-0.05, 0) is 0 Å². The molecule has 7 N–H and O–H groups in total. The number of para-hydroxylation sites is 1. The van der Waals surface area contributed by atoms with Crippen LogP contribution < -0.4 is 30.9 Å². The summed E-state index contributed by atoms with van der Waals surface area (Å²) < 4.78 is 6.07. The van der Waals surface area contributed by atoms with Gasteiger partial charge in [0.2, 0.25) is 0 Å². The number of hydrogen-bond donors (Lipinski definition) is 6. The first-order chi connectivity index (χ1) is 18.1. The minimum atomic E-state index is -1.25. The van der Waals surface area contributed by atoms with Crippen LogP contribution in [0.1, 0.15) is 23.2 Å². The summed E-state index contributed by atoms with van der Waals surface area (Å²) in [4.78, 5) is 59.6. The third-order valence-electron chi connectivity index (χ3n) is 4.92. The zero-order valence-corrected chi connectivity index (χ0v) is 22.9. The molecule has 38 heavy (non-hydrogen) atoms. The summed E-state index contributed by atoms with van der Waals surface area (Å²) in [5.74, 6) is -3.63. The molecular formula is C24H28N4O8SSe. The number of nitrogens with one attached hydrogen (secondary N) is 3. The Hall–Kier alpha value is -3.58. The van der Waals surface area contributed by atoms with E-state index in [9.17, 15) is 24.0 Å². The average Bonchev–Trinajstić information content (AvgIpc) is 2.90. The Labute approximate surface area is 228 Å². The zero-order chi connectivity index (χ0) is 28.1. The van der Waals surface area contributed by atoms with Gasteiger partial charge < -0.3 is 0 Å². The fourth-order valence-electron chi connectivity index (χ4n) is 2.97. The summed E-state index contributed by atoms with van der Waals surface area (Å²) in [7, 11) is 2.75. The number of hydrogen-bond acceptors (Lipinski definition) is 8. The predicted octanol–water partition coefficient (Wildman–Crippen LogP) is -0.197. The molecule has 0 heterocycles. The topological polar surface area (TPSA) is 197 Å². The molecule has 0 aromatic heterocycles. The number of benzene rings is 2. The zero-order valence-electron chi connectivity index (χ0n) is 20.3. The second kappa shape index (κ2) is 15.6. The van der Waals surface area contributed by atoms with Crippen LogP contribution in [0.4, 0.5) is 5.69 Å². The summed E-state index contributed by atoms with van der Waals surface area (Å²) >= 11 is -0.461. The number of carboxylic acid groups (broad SMARTS) is 2. The molecule has 0 unspecified atom stereocenters. The number of carbonyl (C=O) groups excluding carboxylic acids is 3. The number of anilines is 1. The van der Waals surface area contributed by atoms with Crippen LogP contribution in [0.25, 0.3) is 0 Å². The van der Waals surface area contributed by atoms with Crippen molar-refractivity contribution in [2.24, 2.45) is 5.73 Å². The van der Waals surface area contributed by atoms with Gasteiger partial charge in [0.1, 0.15) is 0 Å². The SMILES string of the molecule is COc1cccc(C(=O)Nc2ccccc2)c1[Se]SC[C@@H](NC(=O)CC[C@@H](N)C(=O)O)C(=O)NCC(=O)O. The molecule has 14 heteroatoms. The number of ether oxygens (including phenoxy) is 1. The Morgan fingerprint density at radius 3 is 2.39 bits per heavy atom. The van der Waals surface area contributed by atoms with E-state index in [0.717, 1.165) is 0 Å². The van der Waals surface area contributed by atoms with Crippen LogP contribution in [0.2, 0.25) is 0 Å². The van der Waals surface area contributed by atoms with Gasteiger partial charge in [0, 0.05) is 0 Å². The molecule has 0 aliphatic carbocycles. The van der Waals surface area contributed by atoms with Crippen LogP contribution in [0.5, 0.6) is 5.75 Å². The molecule has 0 radical (unpaired) electrons. The van der Waals surface area contributed by atoms with Crippen LogP contribution in [0.15, 0.2) is 48.5 Å². The van der Waals surface area contributed by atoms with Crippen LogP contribution in [-0.2, 0) is 19.2 Å². The number of methoxy groups -OCH3 is 1. The molecule has 204 valence electrons. The number of aliphatic carboxylic acids is 2. The third kappa shape index (κ3) is 10.1. The summed E-state index contributed by atoms with van der Waals surface area (Å²) in [6, 6.07) is 11.6. The Morgan fingerprint density at radius 1 is 1.05 bits per heavy atom. The van der Waals surface area contributed by atoms with Crippen molar-refractivity contribution in [1.29, 1.82) is 0 Å². The normalized spacial score (nSPS) is 12.1. The van der Waals surface area contributed by atoms with Crippen molar-refractivity contribution < 1.29 is 38.9 Å². The van der Waals surface area contributed by atoms with Crippen molar-refractivity contribution >= 4 is 63.8 Å². The summed E-state index contributed by atoms with van der Waals surface area (Å²) in [6.07, 6.45) is -0.370. The van der Waals surface area contributed by atoms with Crippen molar-refractivity contribution in [2.45, 2.75) is 24.9 Å². The van der Waals surface area contributed by atoms with E-state index in [1.807, 2.05) is 6.07 Å². The number of amides is 3. The van der Waals surface area contributed by atoms with Gasteiger partial charge >= 0.3 is 229 Å². The second-order valence-electron chi connectivity index (χ2n) is 7.74. The second-order valence-corrected chi connectivity index (χ2v) is 11.9. The Kier molecular flexibility index (Phi) is 12.6. The quantitative estimate of drug-likeness (QED) is 0.147. The summed E-state index contributed by atoms with van der Waals surface area (Å²) in [5, 5.41) is 25.3. The van der Waals surface area contributed by atoms with E-state index in [1.54, 1.807) is 42.5 Å². The Morgan fingerprint density at radius 2 is 1.76 bits per heavy atom. The van der Waals surface area contributed by atoms with E-state index in [-0.39, 0.29) is 24.5 Å². The molecule has 2 aromatic carbocycles. The summed E-state index contributed by atoms with van der Waals surface area (Å²) in [5.41, 5.74) is 6.43. The van der Waals surface area contributed by atoms with Crippen molar-refractivity contribution in [3.05, 3.63) is 54.1 Å². The molecule has 0 fully saturated rings.